The van der Waals surface area contributed by atoms with Gasteiger partial charge in [-0.3, -0.25) is 9.59 Å². The number of para-hydroxylation sites is 1. The number of hydrogen-bond donors (Lipinski definition) is 0. The number of amides is 2. The van der Waals surface area contributed by atoms with E-state index in [0.717, 1.165) is 17.9 Å². The quantitative estimate of drug-likeness (QED) is 0.576. The summed E-state index contributed by atoms with van der Waals surface area (Å²) in [4.78, 5) is 28.8. The maximum atomic E-state index is 12.6. The van der Waals surface area contributed by atoms with Crippen LogP contribution in [-0.4, -0.2) is 61.0 Å². The maximum Gasteiger partial charge on any atom is 0.226 e. The Kier molecular flexibility index (Phi) is 8.76. The fourth-order valence-electron chi connectivity index (χ4n) is 3.55. The van der Waals surface area contributed by atoms with Crippen LogP contribution in [0.25, 0.3) is 0 Å². The van der Waals surface area contributed by atoms with Crippen LogP contribution < -0.4 is 9.47 Å². The van der Waals surface area contributed by atoms with Gasteiger partial charge in [-0.25, -0.2) is 0 Å². The van der Waals surface area contributed by atoms with Crippen molar-refractivity contribution in [2.24, 2.45) is 0 Å². The first kappa shape index (κ1) is 22.7. The van der Waals surface area contributed by atoms with Gasteiger partial charge >= 0.3 is 0 Å². The zero-order valence-corrected chi connectivity index (χ0v) is 18.3. The van der Waals surface area contributed by atoms with E-state index in [0.29, 0.717) is 58.7 Å². The molecule has 2 amide bonds. The summed E-state index contributed by atoms with van der Waals surface area (Å²) >= 11 is 0. The van der Waals surface area contributed by atoms with Crippen LogP contribution in [0.4, 0.5) is 0 Å². The minimum Gasteiger partial charge on any atom is -0.494 e. The SMILES string of the molecule is Cc1ccc(OCCCC(=O)N2CCCN(C(=O)CCOc3ccccc3)CC2)cc1. The maximum absolute atomic E-state index is 12.6. The summed E-state index contributed by atoms with van der Waals surface area (Å²) in [5.41, 5.74) is 1.19. The Hall–Kier alpha value is -3.02. The van der Waals surface area contributed by atoms with Crippen molar-refractivity contribution < 1.29 is 19.1 Å². The molecule has 2 aromatic rings. The Labute approximate surface area is 184 Å². The molecule has 1 heterocycles. The highest BCUT2D eigenvalue weighted by Crippen LogP contribution is 2.13. The van der Waals surface area contributed by atoms with Crippen molar-refractivity contribution in [3.8, 4) is 11.5 Å². The molecule has 0 radical (unpaired) electrons. The largest absolute Gasteiger partial charge is 0.494 e. The lowest BCUT2D eigenvalue weighted by Gasteiger charge is -2.22. The van der Waals surface area contributed by atoms with Crippen LogP contribution in [0.5, 0.6) is 11.5 Å². The van der Waals surface area contributed by atoms with E-state index in [2.05, 4.69) is 0 Å². The zero-order chi connectivity index (χ0) is 21.9. The molecule has 0 unspecified atom stereocenters. The summed E-state index contributed by atoms with van der Waals surface area (Å²) in [7, 11) is 0. The average molecular weight is 425 g/mol. The van der Waals surface area contributed by atoms with Gasteiger partial charge in [-0.1, -0.05) is 35.9 Å². The Bertz CT molecular complexity index is 823. The molecule has 166 valence electrons. The molecule has 31 heavy (non-hydrogen) atoms. The predicted molar refractivity (Wildman–Crippen MR) is 120 cm³/mol. The molecule has 2 aromatic carbocycles. The first-order valence-electron chi connectivity index (χ1n) is 11.0. The Morgan fingerprint density at radius 1 is 0.742 bits per heavy atom. The summed E-state index contributed by atoms with van der Waals surface area (Å²) in [5.74, 6) is 1.82. The van der Waals surface area contributed by atoms with Gasteiger partial charge in [-0.15, -0.1) is 0 Å². The van der Waals surface area contributed by atoms with Gasteiger partial charge in [0.2, 0.25) is 11.8 Å². The van der Waals surface area contributed by atoms with E-state index in [9.17, 15) is 9.59 Å². The van der Waals surface area contributed by atoms with Gasteiger partial charge in [-0.05, 0) is 44.0 Å². The lowest BCUT2D eigenvalue weighted by Crippen LogP contribution is -2.37. The lowest BCUT2D eigenvalue weighted by molar-refractivity contribution is -0.134. The fourth-order valence-corrected chi connectivity index (χ4v) is 3.55. The molecule has 0 saturated carbocycles. The molecule has 1 fully saturated rings. The monoisotopic (exact) mass is 424 g/mol. The minimum atomic E-state index is 0.0803. The first-order valence-corrected chi connectivity index (χ1v) is 11.0. The second-order valence-corrected chi connectivity index (χ2v) is 7.79. The number of carbonyl (C=O) groups is 2. The molecule has 0 atom stereocenters. The molecular formula is C25H32N2O4. The number of aryl methyl sites for hydroxylation is 1. The predicted octanol–water partition coefficient (Wildman–Crippen LogP) is 3.68. The summed E-state index contributed by atoms with van der Waals surface area (Å²) in [6.45, 7) is 5.47. The molecule has 0 aliphatic carbocycles. The van der Waals surface area contributed by atoms with Crippen molar-refractivity contribution in [2.45, 2.75) is 32.6 Å². The topological polar surface area (TPSA) is 59.1 Å². The number of ether oxygens (including phenoxy) is 2. The van der Waals surface area contributed by atoms with Gasteiger partial charge in [0.1, 0.15) is 11.5 Å². The second-order valence-electron chi connectivity index (χ2n) is 7.79. The van der Waals surface area contributed by atoms with Gasteiger partial charge in [-0.2, -0.15) is 0 Å². The lowest BCUT2D eigenvalue weighted by atomic mass is 10.2. The smallest absolute Gasteiger partial charge is 0.226 e. The number of benzene rings is 2. The molecule has 0 bridgehead atoms. The van der Waals surface area contributed by atoms with Crippen LogP contribution in [0.2, 0.25) is 0 Å². The van der Waals surface area contributed by atoms with Gasteiger partial charge in [0.15, 0.2) is 0 Å². The molecule has 1 saturated heterocycles. The van der Waals surface area contributed by atoms with Crippen molar-refractivity contribution in [3.05, 3.63) is 60.2 Å². The molecule has 0 N–H and O–H groups in total. The number of rotatable bonds is 9. The number of hydrogen-bond acceptors (Lipinski definition) is 4. The van der Waals surface area contributed by atoms with Gasteiger partial charge in [0, 0.05) is 32.6 Å². The van der Waals surface area contributed by atoms with Crippen LogP contribution >= 0.6 is 0 Å². The number of nitrogens with zero attached hydrogens (tertiary/aromatic N) is 2. The van der Waals surface area contributed by atoms with Gasteiger partial charge < -0.3 is 19.3 Å². The molecule has 3 rings (SSSR count). The molecule has 6 heteroatoms. The Morgan fingerprint density at radius 3 is 2.00 bits per heavy atom. The van der Waals surface area contributed by atoms with Crippen LogP contribution in [0.1, 0.15) is 31.2 Å². The average Bonchev–Trinajstić information content (AvgIpc) is 3.05. The first-order chi connectivity index (χ1) is 15.1. The highest BCUT2D eigenvalue weighted by molar-refractivity contribution is 5.77. The van der Waals surface area contributed by atoms with E-state index >= 15 is 0 Å². The van der Waals surface area contributed by atoms with Crippen molar-refractivity contribution in [1.82, 2.24) is 9.80 Å². The third kappa shape index (κ3) is 7.63. The van der Waals surface area contributed by atoms with E-state index in [-0.39, 0.29) is 11.8 Å². The van der Waals surface area contributed by atoms with Crippen LogP contribution in [0.15, 0.2) is 54.6 Å². The van der Waals surface area contributed by atoms with Crippen LogP contribution in [-0.2, 0) is 9.59 Å². The van der Waals surface area contributed by atoms with Crippen LogP contribution in [0, 0.1) is 6.92 Å². The van der Waals surface area contributed by atoms with Crippen molar-refractivity contribution in [2.75, 3.05) is 39.4 Å². The Balaban J connectivity index is 1.33. The summed E-state index contributed by atoms with van der Waals surface area (Å²) in [6.07, 6.45) is 2.30. The molecule has 1 aliphatic rings. The van der Waals surface area contributed by atoms with Crippen molar-refractivity contribution in [3.63, 3.8) is 0 Å². The molecule has 0 spiro atoms. The summed E-state index contributed by atoms with van der Waals surface area (Å²) in [5, 5.41) is 0. The standard InChI is InChI=1S/C25H32N2O4/c1-21-10-12-23(13-11-21)30-19-5-9-24(28)26-15-6-16-27(18-17-26)25(29)14-20-31-22-7-3-2-4-8-22/h2-4,7-8,10-13H,5-6,9,14-20H2,1H3. The normalized spacial score (nSPS) is 14.1. The summed E-state index contributed by atoms with van der Waals surface area (Å²) < 4.78 is 11.3. The van der Waals surface area contributed by atoms with Gasteiger partial charge in [0.05, 0.1) is 19.6 Å². The molecular weight excluding hydrogens is 392 g/mol. The van der Waals surface area contributed by atoms with Crippen LogP contribution in [0.3, 0.4) is 0 Å². The van der Waals surface area contributed by atoms with Crippen molar-refractivity contribution in [1.29, 1.82) is 0 Å². The number of carbonyl (C=O) groups excluding carboxylic acids is 2. The highest BCUT2D eigenvalue weighted by atomic mass is 16.5. The second kappa shape index (κ2) is 12.0. The fraction of sp³-hybridized carbons (Fsp3) is 0.440. The van der Waals surface area contributed by atoms with E-state index < -0.39 is 0 Å². The molecule has 1 aliphatic heterocycles. The Morgan fingerprint density at radius 2 is 1.32 bits per heavy atom. The van der Waals surface area contributed by atoms with E-state index in [1.807, 2.05) is 71.3 Å². The third-order valence-corrected chi connectivity index (χ3v) is 5.35. The van der Waals surface area contributed by atoms with E-state index in [1.54, 1.807) is 0 Å². The minimum absolute atomic E-state index is 0.0803. The van der Waals surface area contributed by atoms with Crippen molar-refractivity contribution >= 4 is 11.8 Å². The molecule has 0 aromatic heterocycles. The van der Waals surface area contributed by atoms with E-state index in [1.165, 1.54) is 5.56 Å². The van der Waals surface area contributed by atoms with Gasteiger partial charge in [0.25, 0.3) is 0 Å². The van der Waals surface area contributed by atoms with E-state index in [4.69, 9.17) is 9.47 Å². The highest BCUT2D eigenvalue weighted by Gasteiger charge is 2.21. The molecule has 6 nitrogen and oxygen atoms in total. The third-order valence-electron chi connectivity index (χ3n) is 5.35. The zero-order valence-electron chi connectivity index (χ0n) is 18.3. The summed E-state index contributed by atoms with van der Waals surface area (Å²) in [6, 6.07) is 17.4.